The first kappa shape index (κ1) is 15.8. The zero-order chi connectivity index (χ0) is 17.1. The van der Waals surface area contributed by atoms with E-state index in [0.717, 1.165) is 0 Å². The number of carbonyl (C=O) groups is 2. The molecule has 1 atom stereocenters. The lowest BCUT2D eigenvalue weighted by molar-refractivity contribution is -0.124. The number of primary amides is 1. The van der Waals surface area contributed by atoms with Crippen LogP contribution in [0, 0.1) is 5.82 Å². The molecule has 0 aromatic heterocycles. The van der Waals surface area contributed by atoms with E-state index in [9.17, 15) is 14.0 Å². The van der Waals surface area contributed by atoms with Crippen molar-refractivity contribution < 1.29 is 23.5 Å². The van der Waals surface area contributed by atoms with Crippen LogP contribution in [0.2, 0.25) is 0 Å². The van der Waals surface area contributed by atoms with Gasteiger partial charge in [-0.25, -0.2) is 9.18 Å². The van der Waals surface area contributed by atoms with E-state index in [1.54, 1.807) is 36.4 Å². The first-order valence-electron chi connectivity index (χ1n) is 7.29. The molecule has 1 heterocycles. The van der Waals surface area contributed by atoms with Gasteiger partial charge in [-0.1, -0.05) is 30.3 Å². The van der Waals surface area contributed by atoms with Crippen LogP contribution in [0.15, 0.2) is 48.5 Å². The van der Waals surface area contributed by atoms with Gasteiger partial charge in [0.05, 0.1) is 12.2 Å². The van der Waals surface area contributed by atoms with E-state index in [1.807, 2.05) is 0 Å². The predicted octanol–water partition coefficient (Wildman–Crippen LogP) is 2.22. The Morgan fingerprint density at radius 3 is 2.67 bits per heavy atom. The lowest BCUT2D eigenvalue weighted by atomic mass is 10.2. The largest absolute Gasteiger partial charge is 0.477 e. The molecule has 0 saturated carbocycles. The molecule has 2 aromatic carbocycles. The minimum Gasteiger partial charge on any atom is -0.477 e. The Hall–Kier alpha value is -3.09. The fourth-order valence-electron chi connectivity index (χ4n) is 2.39. The highest BCUT2D eigenvalue weighted by molar-refractivity contribution is 5.93. The second-order valence-electron chi connectivity index (χ2n) is 5.23. The highest BCUT2D eigenvalue weighted by Gasteiger charge is 2.33. The monoisotopic (exact) mass is 330 g/mol. The molecule has 2 amide bonds. The lowest BCUT2D eigenvalue weighted by Gasteiger charge is -2.32. The molecule has 124 valence electrons. The number of nitrogens with zero attached hydrogens (tertiary/aromatic N) is 1. The Morgan fingerprint density at radius 2 is 1.92 bits per heavy atom. The number of hydrogen-bond donors (Lipinski definition) is 1. The summed E-state index contributed by atoms with van der Waals surface area (Å²) in [6.45, 7) is -0.283. The third kappa shape index (κ3) is 3.15. The standard InChI is InChI=1S/C17H15FN2O4/c18-12-6-2-1-5-11(12)10-23-17(22)20-9-15(16(19)21)24-14-8-4-3-7-13(14)20/h1-8,15H,9-10H2,(H2,19,21). The molecule has 24 heavy (non-hydrogen) atoms. The number of carbonyl (C=O) groups excluding carboxylic acids is 2. The fraction of sp³-hybridized carbons (Fsp3) is 0.176. The van der Waals surface area contributed by atoms with Crippen molar-refractivity contribution in [2.75, 3.05) is 11.4 Å². The van der Waals surface area contributed by atoms with Crippen molar-refractivity contribution in [3.8, 4) is 5.75 Å². The molecule has 1 aliphatic rings. The average Bonchev–Trinajstić information content (AvgIpc) is 2.59. The van der Waals surface area contributed by atoms with E-state index in [4.69, 9.17) is 15.2 Å². The molecule has 1 unspecified atom stereocenters. The molecule has 0 aliphatic carbocycles. The minimum absolute atomic E-state index is 0.0670. The van der Waals surface area contributed by atoms with Crippen molar-refractivity contribution in [1.82, 2.24) is 0 Å². The van der Waals surface area contributed by atoms with Gasteiger partial charge in [0.15, 0.2) is 6.10 Å². The summed E-state index contributed by atoms with van der Waals surface area (Å²) in [5.41, 5.74) is 6.01. The highest BCUT2D eigenvalue weighted by atomic mass is 19.1. The van der Waals surface area contributed by atoms with Gasteiger partial charge < -0.3 is 15.2 Å². The Bertz CT molecular complexity index is 781. The third-order valence-corrected chi connectivity index (χ3v) is 3.62. The van der Waals surface area contributed by atoms with E-state index < -0.39 is 23.9 Å². The molecular formula is C17H15FN2O4. The van der Waals surface area contributed by atoms with Gasteiger partial charge in [0.25, 0.3) is 5.91 Å². The van der Waals surface area contributed by atoms with E-state index in [0.29, 0.717) is 11.4 Å². The Kier molecular flexibility index (Phi) is 4.33. The van der Waals surface area contributed by atoms with Crippen molar-refractivity contribution in [3.63, 3.8) is 0 Å². The molecule has 7 heteroatoms. The van der Waals surface area contributed by atoms with Crippen LogP contribution >= 0.6 is 0 Å². The molecule has 1 aliphatic heterocycles. The number of halogens is 1. The molecule has 0 saturated heterocycles. The van der Waals surface area contributed by atoms with Crippen LogP contribution in [-0.2, 0) is 16.1 Å². The van der Waals surface area contributed by atoms with E-state index in [2.05, 4.69) is 0 Å². The Labute approximate surface area is 137 Å². The van der Waals surface area contributed by atoms with Crippen molar-refractivity contribution in [3.05, 3.63) is 59.9 Å². The first-order valence-corrected chi connectivity index (χ1v) is 7.29. The van der Waals surface area contributed by atoms with Crippen molar-refractivity contribution in [2.24, 2.45) is 5.73 Å². The van der Waals surface area contributed by atoms with Crippen LogP contribution in [0.3, 0.4) is 0 Å². The van der Waals surface area contributed by atoms with Crippen LogP contribution in [0.4, 0.5) is 14.9 Å². The highest BCUT2D eigenvalue weighted by Crippen LogP contribution is 2.33. The van der Waals surface area contributed by atoms with Gasteiger partial charge >= 0.3 is 6.09 Å². The number of benzene rings is 2. The maximum Gasteiger partial charge on any atom is 0.414 e. The summed E-state index contributed by atoms with van der Waals surface area (Å²) >= 11 is 0. The Balaban J connectivity index is 1.78. The molecule has 2 N–H and O–H groups in total. The van der Waals surface area contributed by atoms with Gasteiger partial charge in [0.2, 0.25) is 0 Å². The minimum atomic E-state index is -0.971. The SMILES string of the molecule is NC(=O)C1CN(C(=O)OCc2ccccc2F)c2ccccc2O1. The number of anilines is 1. The normalized spacial score (nSPS) is 16.0. The number of hydrogen-bond acceptors (Lipinski definition) is 4. The van der Waals surface area contributed by atoms with Gasteiger partial charge in [-0.3, -0.25) is 9.69 Å². The zero-order valence-corrected chi connectivity index (χ0v) is 12.6. The molecular weight excluding hydrogens is 315 g/mol. The number of para-hydroxylation sites is 2. The summed E-state index contributed by atoms with van der Waals surface area (Å²) in [6.07, 6.45) is -1.68. The number of ether oxygens (including phenoxy) is 2. The van der Waals surface area contributed by atoms with Crippen LogP contribution in [0.5, 0.6) is 5.75 Å². The van der Waals surface area contributed by atoms with Gasteiger partial charge in [-0.15, -0.1) is 0 Å². The van der Waals surface area contributed by atoms with Crippen molar-refractivity contribution in [2.45, 2.75) is 12.7 Å². The number of nitrogens with two attached hydrogens (primary N) is 1. The average molecular weight is 330 g/mol. The van der Waals surface area contributed by atoms with E-state index in [1.165, 1.54) is 17.0 Å². The quantitative estimate of drug-likeness (QED) is 0.935. The fourth-order valence-corrected chi connectivity index (χ4v) is 2.39. The topological polar surface area (TPSA) is 81.9 Å². The second kappa shape index (κ2) is 6.57. The summed E-state index contributed by atoms with van der Waals surface area (Å²) in [6, 6.07) is 12.8. The number of rotatable bonds is 3. The molecule has 0 radical (unpaired) electrons. The Morgan fingerprint density at radius 1 is 1.21 bits per heavy atom. The van der Waals surface area contributed by atoms with E-state index in [-0.39, 0.29) is 18.7 Å². The van der Waals surface area contributed by atoms with Gasteiger partial charge in [0, 0.05) is 5.56 Å². The smallest absolute Gasteiger partial charge is 0.414 e. The zero-order valence-electron chi connectivity index (χ0n) is 12.6. The summed E-state index contributed by atoms with van der Waals surface area (Å²) in [4.78, 5) is 25.1. The summed E-state index contributed by atoms with van der Waals surface area (Å²) in [5.74, 6) is -0.783. The van der Waals surface area contributed by atoms with Crippen LogP contribution in [0.1, 0.15) is 5.56 Å². The summed E-state index contributed by atoms with van der Waals surface area (Å²) in [5, 5.41) is 0. The van der Waals surface area contributed by atoms with E-state index >= 15 is 0 Å². The molecule has 0 fully saturated rings. The maximum absolute atomic E-state index is 13.6. The molecule has 0 spiro atoms. The van der Waals surface area contributed by atoms with Crippen LogP contribution in [-0.4, -0.2) is 24.6 Å². The summed E-state index contributed by atoms with van der Waals surface area (Å²) < 4.78 is 24.2. The van der Waals surface area contributed by atoms with Crippen LogP contribution in [0.25, 0.3) is 0 Å². The lowest BCUT2D eigenvalue weighted by Crippen LogP contribution is -2.49. The molecule has 0 bridgehead atoms. The summed E-state index contributed by atoms with van der Waals surface area (Å²) in [7, 11) is 0. The van der Waals surface area contributed by atoms with Gasteiger partial charge in [-0.2, -0.15) is 0 Å². The molecule has 6 nitrogen and oxygen atoms in total. The maximum atomic E-state index is 13.6. The van der Waals surface area contributed by atoms with Crippen LogP contribution < -0.4 is 15.4 Å². The van der Waals surface area contributed by atoms with Gasteiger partial charge in [-0.05, 0) is 18.2 Å². The van der Waals surface area contributed by atoms with Crippen molar-refractivity contribution in [1.29, 1.82) is 0 Å². The molecule has 2 aromatic rings. The molecule has 3 rings (SSSR count). The third-order valence-electron chi connectivity index (χ3n) is 3.62. The number of amides is 2. The second-order valence-corrected chi connectivity index (χ2v) is 5.23. The van der Waals surface area contributed by atoms with Crippen molar-refractivity contribution >= 4 is 17.7 Å². The van der Waals surface area contributed by atoms with Gasteiger partial charge in [0.1, 0.15) is 18.2 Å². The first-order chi connectivity index (χ1) is 11.6. The number of fused-ring (bicyclic) bond motifs is 1. The predicted molar refractivity (Wildman–Crippen MR) is 84.0 cm³/mol.